The van der Waals surface area contributed by atoms with Gasteiger partial charge in [0.2, 0.25) is 6.79 Å². The maximum absolute atomic E-state index is 11.8. The van der Waals surface area contributed by atoms with E-state index in [0.29, 0.717) is 5.75 Å². The number of nitrogens with one attached hydrogen (secondary N) is 2. The monoisotopic (exact) mass is 352 g/mol. The number of benzene rings is 2. The molecule has 1 heterocycles. The number of anilines is 1. The molecule has 0 aliphatic carbocycles. The van der Waals surface area contributed by atoms with Crippen LogP contribution in [0.4, 0.5) is 10.5 Å². The minimum atomic E-state index is -1.11. The highest BCUT2D eigenvalue weighted by molar-refractivity contribution is 6.00. The van der Waals surface area contributed by atoms with Crippen molar-refractivity contribution < 1.29 is 24.2 Å². The van der Waals surface area contributed by atoms with E-state index in [-0.39, 0.29) is 18.0 Å². The van der Waals surface area contributed by atoms with Crippen molar-refractivity contribution in [2.24, 2.45) is 0 Å². The highest BCUT2D eigenvalue weighted by Gasteiger charge is 2.12. The van der Waals surface area contributed by atoms with E-state index in [4.69, 9.17) is 14.6 Å². The van der Waals surface area contributed by atoms with Crippen LogP contribution in [-0.4, -0.2) is 23.9 Å². The summed E-state index contributed by atoms with van der Waals surface area (Å²) in [6.45, 7) is 0.229. The third-order valence-corrected chi connectivity index (χ3v) is 3.51. The fraction of sp³-hybridized carbons (Fsp3) is 0.0526. The molecule has 0 atom stereocenters. The summed E-state index contributed by atoms with van der Waals surface area (Å²) in [6, 6.07) is 11.2. The lowest BCUT2D eigenvalue weighted by Crippen LogP contribution is -2.24. The molecule has 2 aromatic carbocycles. The molecule has 0 bridgehead atoms. The van der Waals surface area contributed by atoms with E-state index in [9.17, 15) is 9.59 Å². The molecule has 7 heteroatoms. The maximum Gasteiger partial charge on any atom is 0.337 e. The summed E-state index contributed by atoms with van der Waals surface area (Å²) < 4.78 is 10.5. The Labute approximate surface area is 149 Å². The molecule has 0 saturated carbocycles. The third kappa shape index (κ3) is 4.21. The Morgan fingerprint density at radius 1 is 1.04 bits per heavy atom. The number of rotatable bonds is 5. The number of carboxylic acid groups (broad SMARTS) is 1. The Balaban J connectivity index is 1.52. The molecule has 0 unspecified atom stereocenters. The molecule has 3 N–H and O–H groups in total. The highest BCUT2D eigenvalue weighted by atomic mass is 16.7. The first-order chi connectivity index (χ1) is 12.6. The molecule has 2 aromatic rings. The van der Waals surface area contributed by atoms with E-state index in [1.54, 1.807) is 24.3 Å². The largest absolute Gasteiger partial charge is 0.478 e. The second-order valence-electron chi connectivity index (χ2n) is 5.28. The van der Waals surface area contributed by atoms with E-state index < -0.39 is 12.0 Å². The zero-order valence-electron chi connectivity index (χ0n) is 13.6. The van der Waals surface area contributed by atoms with E-state index in [2.05, 4.69) is 10.6 Å². The SMILES string of the molecule is O=C(N/C=C/C=C/c1ccc2c(c1)OCO2)Nc1ccccc1C(=O)O. The van der Waals surface area contributed by atoms with E-state index >= 15 is 0 Å². The standard InChI is InChI=1S/C19H16N2O5/c22-18(23)14-6-1-2-7-15(14)21-19(24)20-10-4-3-5-13-8-9-16-17(11-13)26-12-25-16/h1-11H,12H2,(H,22,23)(H2,20,21,24)/b5-3+,10-4+. The summed E-state index contributed by atoms with van der Waals surface area (Å²) in [5, 5.41) is 14.1. The normalized spacial score (nSPS) is 12.5. The second kappa shape index (κ2) is 7.89. The van der Waals surface area contributed by atoms with Crippen molar-refractivity contribution in [1.82, 2.24) is 5.32 Å². The van der Waals surface area contributed by atoms with Gasteiger partial charge in [-0.05, 0) is 35.9 Å². The number of hydrogen-bond acceptors (Lipinski definition) is 4. The van der Waals surface area contributed by atoms with Crippen LogP contribution in [0.2, 0.25) is 0 Å². The van der Waals surface area contributed by atoms with Crippen molar-refractivity contribution >= 4 is 23.8 Å². The van der Waals surface area contributed by atoms with Crippen LogP contribution >= 0.6 is 0 Å². The van der Waals surface area contributed by atoms with Gasteiger partial charge in [-0.15, -0.1) is 0 Å². The Kier molecular flexibility index (Phi) is 5.19. The van der Waals surface area contributed by atoms with Crippen LogP contribution in [-0.2, 0) is 0 Å². The molecule has 0 spiro atoms. The van der Waals surface area contributed by atoms with Gasteiger partial charge in [0.1, 0.15) is 0 Å². The van der Waals surface area contributed by atoms with Gasteiger partial charge in [0, 0.05) is 6.20 Å². The molecule has 26 heavy (non-hydrogen) atoms. The second-order valence-corrected chi connectivity index (χ2v) is 5.28. The average molecular weight is 352 g/mol. The minimum absolute atomic E-state index is 0.0225. The van der Waals surface area contributed by atoms with Crippen LogP contribution in [0, 0.1) is 0 Å². The number of allylic oxidation sites excluding steroid dienone is 2. The van der Waals surface area contributed by atoms with Crippen LogP contribution in [0.3, 0.4) is 0 Å². The van der Waals surface area contributed by atoms with Gasteiger partial charge in [-0.3, -0.25) is 0 Å². The molecule has 7 nitrogen and oxygen atoms in total. The molecular formula is C19H16N2O5. The van der Waals surface area contributed by atoms with E-state index in [1.165, 1.54) is 18.3 Å². The lowest BCUT2D eigenvalue weighted by molar-refractivity contribution is 0.0698. The quantitative estimate of drug-likeness (QED) is 0.716. The van der Waals surface area contributed by atoms with Crippen LogP contribution in [0.5, 0.6) is 11.5 Å². The Morgan fingerprint density at radius 3 is 2.69 bits per heavy atom. The van der Waals surface area contributed by atoms with Crippen molar-refractivity contribution in [2.75, 3.05) is 12.1 Å². The third-order valence-electron chi connectivity index (χ3n) is 3.51. The number of ether oxygens (including phenoxy) is 2. The highest BCUT2D eigenvalue weighted by Crippen LogP contribution is 2.32. The molecule has 0 aromatic heterocycles. The number of para-hydroxylation sites is 1. The zero-order valence-corrected chi connectivity index (χ0v) is 13.6. The Morgan fingerprint density at radius 2 is 1.85 bits per heavy atom. The number of fused-ring (bicyclic) bond motifs is 1. The van der Waals surface area contributed by atoms with E-state index in [0.717, 1.165) is 11.3 Å². The van der Waals surface area contributed by atoms with Crippen LogP contribution < -0.4 is 20.1 Å². The van der Waals surface area contributed by atoms with Crippen molar-refractivity contribution in [2.45, 2.75) is 0 Å². The molecule has 0 saturated heterocycles. The van der Waals surface area contributed by atoms with Gasteiger partial charge in [-0.2, -0.15) is 0 Å². The summed E-state index contributed by atoms with van der Waals surface area (Å²) in [5.41, 5.74) is 1.18. The fourth-order valence-corrected chi connectivity index (χ4v) is 2.30. The van der Waals surface area contributed by atoms with Crippen LogP contribution in [0.1, 0.15) is 15.9 Å². The fourth-order valence-electron chi connectivity index (χ4n) is 2.30. The topological polar surface area (TPSA) is 96.9 Å². The predicted octanol–water partition coefficient (Wildman–Crippen LogP) is 3.46. The lowest BCUT2D eigenvalue weighted by Gasteiger charge is -2.07. The molecule has 1 aliphatic heterocycles. The molecule has 132 valence electrons. The molecule has 0 radical (unpaired) electrons. The number of carboxylic acids is 1. The van der Waals surface area contributed by atoms with Crippen molar-refractivity contribution in [3.8, 4) is 11.5 Å². The van der Waals surface area contributed by atoms with Gasteiger partial charge < -0.3 is 25.2 Å². The minimum Gasteiger partial charge on any atom is -0.478 e. The molecule has 0 fully saturated rings. The summed E-state index contributed by atoms with van der Waals surface area (Å²) >= 11 is 0. The summed E-state index contributed by atoms with van der Waals surface area (Å²) in [7, 11) is 0. The molecule has 2 amide bonds. The van der Waals surface area contributed by atoms with Crippen molar-refractivity contribution in [3.05, 3.63) is 71.9 Å². The first kappa shape index (κ1) is 17.1. The van der Waals surface area contributed by atoms with Crippen LogP contribution in [0.15, 0.2) is 60.8 Å². The number of carbonyl (C=O) groups is 2. The van der Waals surface area contributed by atoms with Gasteiger partial charge in [0.15, 0.2) is 11.5 Å². The average Bonchev–Trinajstić information content (AvgIpc) is 3.09. The summed E-state index contributed by atoms with van der Waals surface area (Å²) in [4.78, 5) is 22.9. The van der Waals surface area contributed by atoms with E-state index in [1.807, 2.05) is 24.3 Å². The molecular weight excluding hydrogens is 336 g/mol. The van der Waals surface area contributed by atoms with Gasteiger partial charge in [0.25, 0.3) is 0 Å². The maximum atomic E-state index is 11.8. The molecule has 1 aliphatic rings. The first-order valence-electron chi connectivity index (χ1n) is 7.76. The first-order valence-corrected chi connectivity index (χ1v) is 7.76. The smallest absolute Gasteiger partial charge is 0.337 e. The lowest BCUT2D eigenvalue weighted by atomic mass is 10.2. The van der Waals surface area contributed by atoms with Gasteiger partial charge in [-0.25, -0.2) is 9.59 Å². The zero-order chi connectivity index (χ0) is 18.4. The van der Waals surface area contributed by atoms with Crippen molar-refractivity contribution in [1.29, 1.82) is 0 Å². The molecule has 3 rings (SSSR count). The number of aromatic carboxylic acids is 1. The Bertz CT molecular complexity index is 889. The van der Waals surface area contributed by atoms with Gasteiger partial charge >= 0.3 is 12.0 Å². The Hall–Kier alpha value is -3.74. The predicted molar refractivity (Wildman–Crippen MR) is 96.3 cm³/mol. The van der Waals surface area contributed by atoms with Gasteiger partial charge in [0.05, 0.1) is 11.3 Å². The van der Waals surface area contributed by atoms with Crippen LogP contribution in [0.25, 0.3) is 6.08 Å². The summed E-state index contributed by atoms with van der Waals surface area (Å²) in [5.74, 6) is 0.312. The number of amides is 2. The number of urea groups is 1. The number of carbonyl (C=O) groups excluding carboxylic acids is 1. The van der Waals surface area contributed by atoms with Gasteiger partial charge in [-0.1, -0.05) is 30.4 Å². The summed E-state index contributed by atoms with van der Waals surface area (Å²) in [6.07, 6.45) is 6.69. The van der Waals surface area contributed by atoms with Crippen molar-refractivity contribution in [3.63, 3.8) is 0 Å². The number of hydrogen-bond donors (Lipinski definition) is 3.